The third kappa shape index (κ3) is 1.84. The van der Waals surface area contributed by atoms with Crippen molar-refractivity contribution in [3.63, 3.8) is 0 Å². The lowest BCUT2D eigenvalue weighted by atomic mass is 9.80. The monoisotopic (exact) mass is 225 g/mol. The average Bonchev–Trinajstić information content (AvgIpc) is 2.35. The summed E-state index contributed by atoms with van der Waals surface area (Å²) in [5.74, 6) is 1.08. The molecule has 0 aromatic heterocycles. The van der Waals surface area contributed by atoms with E-state index in [1.165, 1.54) is 24.8 Å². The minimum absolute atomic E-state index is 0. The van der Waals surface area contributed by atoms with Gasteiger partial charge in [0.1, 0.15) is 11.4 Å². The van der Waals surface area contributed by atoms with Gasteiger partial charge in [-0.05, 0) is 25.3 Å². The van der Waals surface area contributed by atoms with Crippen LogP contribution in [0.15, 0.2) is 24.3 Å². The van der Waals surface area contributed by atoms with Crippen molar-refractivity contribution >= 4 is 12.4 Å². The second-order valence-corrected chi connectivity index (χ2v) is 4.35. The number of hydrogen-bond donors (Lipinski definition) is 1. The first kappa shape index (κ1) is 10.8. The lowest BCUT2D eigenvalue weighted by Crippen LogP contribution is -2.49. The number of ether oxygens (including phenoxy) is 1. The Morgan fingerprint density at radius 3 is 2.73 bits per heavy atom. The molecule has 0 amide bonds. The zero-order valence-electron chi connectivity index (χ0n) is 8.66. The Labute approximate surface area is 96.4 Å². The fourth-order valence-electron chi connectivity index (χ4n) is 2.29. The molecular formula is C12H16ClNO. The summed E-state index contributed by atoms with van der Waals surface area (Å²) in [5, 5.41) is 3.47. The van der Waals surface area contributed by atoms with Crippen LogP contribution in [-0.2, 0) is 6.54 Å². The molecule has 82 valence electrons. The molecule has 3 rings (SSSR count). The molecule has 1 fully saturated rings. The predicted molar refractivity (Wildman–Crippen MR) is 62.6 cm³/mol. The van der Waals surface area contributed by atoms with Crippen molar-refractivity contribution in [2.45, 2.75) is 31.4 Å². The van der Waals surface area contributed by atoms with E-state index in [1.54, 1.807) is 0 Å². The standard InChI is InChI=1S/C12H15NO.ClH/c1-2-5-11-10(4-1)8-13-9-12(14-11)6-3-7-12;/h1-2,4-5,13H,3,6-9H2;1H. The Morgan fingerprint density at radius 1 is 1.20 bits per heavy atom. The third-order valence-electron chi connectivity index (χ3n) is 3.33. The van der Waals surface area contributed by atoms with Crippen LogP contribution in [-0.4, -0.2) is 12.1 Å². The van der Waals surface area contributed by atoms with Gasteiger partial charge >= 0.3 is 0 Å². The highest BCUT2D eigenvalue weighted by Gasteiger charge is 2.40. The van der Waals surface area contributed by atoms with Crippen LogP contribution in [0.5, 0.6) is 5.75 Å². The molecule has 0 bridgehead atoms. The van der Waals surface area contributed by atoms with Crippen LogP contribution in [0.1, 0.15) is 24.8 Å². The van der Waals surface area contributed by atoms with Gasteiger partial charge in [-0.15, -0.1) is 12.4 Å². The molecule has 15 heavy (non-hydrogen) atoms. The molecule has 2 nitrogen and oxygen atoms in total. The van der Waals surface area contributed by atoms with Gasteiger partial charge in [0, 0.05) is 18.7 Å². The van der Waals surface area contributed by atoms with Crippen LogP contribution in [0.4, 0.5) is 0 Å². The molecule has 1 aliphatic carbocycles. The number of hydrogen-bond acceptors (Lipinski definition) is 2. The van der Waals surface area contributed by atoms with Crippen LogP contribution in [0.25, 0.3) is 0 Å². The van der Waals surface area contributed by atoms with Crippen LogP contribution >= 0.6 is 12.4 Å². The van der Waals surface area contributed by atoms with E-state index in [-0.39, 0.29) is 18.0 Å². The Bertz CT molecular complexity index is 349. The maximum atomic E-state index is 6.12. The van der Waals surface area contributed by atoms with E-state index in [9.17, 15) is 0 Å². The first-order valence-corrected chi connectivity index (χ1v) is 5.36. The molecular weight excluding hydrogens is 210 g/mol. The minimum Gasteiger partial charge on any atom is -0.486 e. The van der Waals surface area contributed by atoms with Gasteiger partial charge in [0.2, 0.25) is 0 Å². The van der Waals surface area contributed by atoms with Crippen molar-refractivity contribution < 1.29 is 4.74 Å². The van der Waals surface area contributed by atoms with Crippen LogP contribution < -0.4 is 10.1 Å². The first-order chi connectivity index (χ1) is 6.88. The SMILES string of the molecule is Cl.c1ccc2c(c1)CNCC1(CCC1)O2. The maximum absolute atomic E-state index is 6.12. The van der Waals surface area contributed by atoms with Crippen molar-refractivity contribution in [1.29, 1.82) is 0 Å². The Kier molecular flexibility index (Phi) is 2.89. The van der Waals surface area contributed by atoms with Crippen LogP contribution in [0.2, 0.25) is 0 Å². The Balaban J connectivity index is 0.000000853. The second-order valence-electron chi connectivity index (χ2n) is 4.35. The Hall–Kier alpha value is -0.730. The summed E-state index contributed by atoms with van der Waals surface area (Å²) >= 11 is 0. The molecule has 1 aromatic carbocycles. The summed E-state index contributed by atoms with van der Waals surface area (Å²) in [6, 6.07) is 8.35. The molecule has 0 saturated heterocycles. The van der Waals surface area contributed by atoms with E-state index < -0.39 is 0 Å². The molecule has 0 atom stereocenters. The maximum Gasteiger partial charge on any atom is 0.124 e. The van der Waals surface area contributed by atoms with Crippen molar-refractivity contribution in [1.82, 2.24) is 5.32 Å². The predicted octanol–water partition coefficient (Wildman–Crippen LogP) is 2.51. The summed E-state index contributed by atoms with van der Waals surface area (Å²) < 4.78 is 6.12. The van der Waals surface area contributed by atoms with Gasteiger partial charge in [0.15, 0.2) is 0 Å². The van der Waals surface area contributed by atoms with E-state index in [0.29, 0.717) is 0 Å². The van der Waals surface area contributed by atoms with Crippen LogP contribution in [0, 0.1) is 0 Å². The van der Waals surface area contributed by atoms with Gasteiger partial charge in [-0.2, -0.15) is 0 Å². The lowest BCUT2D eigenvalue weighted by Gasteiger charge is -2.41. The number of benzene rings is 1. The lowest BCUT2D eigenvalue weighted by molar-refractivity contribution is -0.00147. The number of fused-ring (bicyclic) bond motifs is 1. The topological polar surface area (TPSA) is 21.3 Å². The number of nitrogens with one attached hydrogen (secondary N) is 1. The molecule has 3 heteroatoms. The van der Waals surface area contributed by atoms with E-state index in [0.717, 1.165) is 18.8 Å². The quantitative estimate of drug-likeness (QED) is 0.733. The fourth-order valence-corrected chi connectivity index (χ4v) is 2.29. The first-order valence-electron chi connectivity index (χ1n) is 5.36. The van der Waals surface area contributed by atoms with Crippen molar-refractivity contribution in [2.24, 2.45) is 0 Å². The average molecular weight is 226 g/mol. The summed E-state index contributed by atoms with van der Waals surface area (Å²) in [5.41, 5.74) is 1.41. The number of rotatable bonds is 0. The molecule has 0 unspecified atom stereocenters. The number of halogens is 1. The summed E-state index contributed by atoms with van der Waals surface area (Å²) in [7, 11) is 0. The van der Waals surface area contributed by atoms with Gasteiger partial charge in [0.05, 0.1) is 0 Å². The summed E-state index contributed by atoms with van der Waals surface area (Å²) in [4.78, 5) is 0. The van der Waals surface area contributed by atoms with E-state index in [2.05, 4.69) is 29.6 Å². The Morgan fingerprint density at radius 2 is 2.00 bits per heavy atom. The molecule has 1 heterocycles. The van der Waals surface area contributed by atoms with Gasteiger partial charge in [-0.25, -0.2) is 0 Å². The molecule has 1 saturated carbocycles. The molecule has 1 spiro atoms. The van der Waals surface area contributed by atoms with Gasteiger partial charge in [0.25, 0.3) is 0 Å². The number of para-hydroxylation sites is 1. The summed E-state index contributed by atoms with van der Waals surface area (Å²) in [6.45, 7) is 1.94. The van der Waals surface area contributed by atoms with E-state index >= 15 is 0 Å². The third-order valence-corrected chi connectivity index (χ3v) is 3.33. The van der Waals surface area contributed by atoms with E-state index in [4.69, 9.17) is 4.74 Å². The molecule has 1 N–H and O–H groups in total. The van der Waals surface area contributed by atoms with Crippen LogP contribution in [0.3, 0.4) is 0 Å². The highest BCUT2D eigenvalue weighted by molar-refractivity contribution is 5.85. The largest absolute Gasteiger partial charge is 0.486 e. The molecule has 1 aliphatic heterocycles. The van der Waals surface area contributed by atoms with Gasteiger partial charge < -0.3 is 10.1 Å². The summed E-state index contributed by atoms with van der Waals surface area (Å²) in [6.07, 6.45) is 3.71. The van der Waals surface area contributed by atoms with E-state index in [1.807, 2.05) is 0 Å². The van der Waals surface area contributed by atoms with Gasteiger partial charge in [-0.1, -0.05) is 18.2 Å². The second kappa shape index (κ2) is 4.03. The fraction of sp³-hybridized carbons (Fsp3) is 0.500. The normalized spacial score (nSPS) is 21.6. The zero-order chi connectivity index (χ0) is 9.43. The van der Waals surface area contributed by atoms with Crippen molar-refractivity contribution in [2.75, 3.05) is 6.54 Å². The highest BCUT2D eigenvalue weighted by Crippen LogP contribution is 2.38. The van der Waals surface area contributed by atoms with Crippen molar-refractivity contribution in [3.8, 4) is 5.75 Å². The molecule has 1 aromatic rings. The molecule has 0 radical (unpaired) electrons. The minimum atomic E-state index is 0. The molecule has 2 aliphatic rings. The smallest absolute Gasteiger partial charge is 0.124 e. The van der Waals surface area contributed by atoms with Gasteiger partial charge in [-0.3, -0.25) is 0 Å². The zero-order valence-corrected chi connectivity index (χ0v) is 9.48. The van der Waals surface area contributed by atoms with Crippen molar-refractivity contribution in [3.05, 3.63) is 29.8 Å². The highest BCUT2D eigenvalue weighted by atomic mass is 35.5.